The largest absolute Gasteiger partial charge is 0.494 e. The van der Waals surface area contributed by atoms with Crippen LogP contribution < -0.4 is 15.8 Å². The van der Waals surface area contributed by atoms with Gasteiger partial charge in [-0.15, -0.1) is 12.4 Å². The average Bonchev–Trinajstić information content (AvgIpc) is 2.51. The number of amides is 1. The number of nitrogens with two attached hydrogens (primary N) is 1. The third-order valence-corrected chi connectivity index (χ3v) is 3.35. The van der Waals surface area contributed by atoms with Crippen LogP contribution in [0.2, 0.25) is 0 Å². The van der Waals surface area contributed by atoms with Crippen LogP contribution in [0.5, 0.6) is 5.75 Å². The van der Waals surface area contributed by atoms with Crippen LogP contribution in [0.4, 0.5) is 0 Å². The summed E-state index contributed by atoms with van der Waals surface area (Å²) < 4.78 is 10.8. The number of halogens is 1. The van der Waals surface area contributed by atoms with Gasteiger partial charge in [0.05, 0.1) is 25.2 Å². The lowest BCUT2D eigenvalue weighted by Crippen LogP contribution is -2.34. The standard InChI is InChI=1S/C16H26N2O3.ClH/c1-4-14(18-16(19)10-12(11-17)20-3)13-8-6-7-9-15(13)21-5-2;/h6-9,12,14H,4-5,10-11,17H2,1-3H3,(H,18,19);1H. The zero-order chi connectivity index (χ0) is 15.7. The lowest BCUT2D eigenvalue weighted by molar-refractivity contribution is -0.124. The number of rotatable bonds is 9. The molecule has 6 heteroatoms. The van der Waals surface area contributed by atoms with Crippen LogP contribution in [0.25, 0.3) is 0 Å². The highest BCUT2D eigenvalue weighted by atomic mass is 35.5. The molecule has 0 aliphatic heterocycles. The van der Waals surface area contributed by atoms with Gasteiger partial charge in [0, 0.05) is 19.2 Å². The second kappa shape index (κ2) is 11.3. The molecule has 0 saturated carbocycles. The number of nitrogens with one attached hydrogen (secondary N) is 1. The van der Waals surface area contributed by atoms with Gasteiger partial charge in [0.15, 0.2) is 0 Å². The molecule has 0 spiro atoms. The van der Waals surface area contributed by atoms with Crippen LogP contribution >= 0.6 is 12.4 Å². The predicted octanol–water partition coefficient (Wildman–Crippen LogP) is 2.44. The predicted molar refractivity (Wildman–Crippen MR) is 90.5 cm³/mol. The third kappa shape index (κ3) is 6.22. The fourth-order valence-corrected chi connectivity index (χ4v) is 2.18. The lowest BCUT2D eigenvalue weighted by Gasteiger charge is -2.21. The minimum Gasteiger partial charge on any atom is -0.494 e. The van der Waals surface area contributed by atoms with Gasteiger partial charge in [-0.2, -0.15) is 0 Å². The Labute approximate surface area is 139 Å². The molecule has 1 aromatic carbocycles. The van der Waals surface area contributed by atoms with E-state index in [9.17, 15) is 4.79 Å². The fraction of sp³-hybridized carbons (Fsp3) is 0.562. The Morgan fingerprint density at radius 2 is 2.00 bits per heavy atom. The van der Waals surface area contributed by atoms with E-state index < -0.39 is 0 Å². The third-order valence-electron chi connectivity index (χ3n) is 3.35. The molecule has 1 amide bonds. The number of carbonyl (C=O) groups excluding carboxylic acids is 1. The highest BCUT2D eigenvalue weighted by Gasteiger charge is 2.18. The van der Waals surface area contributed by atoms with Crippen molar-refractivity contribution in [2.24, 2.45) is 5.73 Å². The van der Waals surface area contributed by atoms with E-state index in [1.165, 1.54) is 0 Å². The number of methoxy groups -OCH3 is 1. The van der Waals surface area contributed by atoms with Gasteiger partial charge in [-0.3, -0.25) is 4.79 Å². The number of ether oxygens (including phenoxy) is 2. The van der Waals surface area contributed by atoms with Gasteiger partial charge < -0.3 is 20.5 Å². The van der Waals surface area contributed by atoms with Crippen molar-refractivity contribution in [1.82, 2.24) is 5.32 Å². The van der Waals surface area contributed by atoms with Gasteiger partial charge >= 0.3 is 0 Å². The van der Waals surface area contributed by atoms with Crippen molar-refractivity contribution in [1.29, 1.82) is 0 Å². The molecule has 0 radical (unpaired) electrons. The van der Waals surface area contributed by atoms with Crippen molar-refractivity contribution < 1.29 is 14.3 Å². The summed E-state index contributed by atoms with van der Waals surface area (Å²) in [7, 11) is 1.56. The van der Waals surface area contributed by atoms with E-state index >= 15 is 0 Å². The van der Waals surface area contributed by atoms with E-state index in [1.54, 1.807) is 7.11 Å². The summed E-state index contributed by atoms with van der Waals surface area (Å²) in [4.78, 5) is 12.1. The molecule has 126 valence electrons. The monoisotopic (exact) mass is 330 g/mol. The Hall–Kier alpha value is -1.30. The molecular weight excluding hydrogens is 304 g/mol. The maximum Gasteiger partial charge on any atom is 0.223 e. The minimum absolute atomic E-state index is 0. The molecule has 1 aromatic rings. The van der Waals surface area contributed by atoms with E-state index in [1.807, 2.05) is 38.1 Å². The molecule has 1 rings (SSSR count). The fourth-order valence-electron chi connectivity index (χ4n) is 2.18. The van der Waals surface area contributed by atoms with Crippen LogP contribution in [-0.2, 0) is 9.53 Å². The summed E-state index contributed by atoms with van der Waals surface area (Å²) >= 11 is 0. The minimum atomic E-state index is -0.246. The molecule has 5 nitrogen and oxygen atoms in total. The first kappa shape index (κ1) is 20.7. The lowest BCUT2D eigenvalue weighted by atomic mass is 10.0. The molecule has 3 N–H and O–H groups in total. The van der Waals surface area contributed by atoms with Crippen molar-refractivity contribution in [3.8, 4) is 5.75 Å². The first-order chi connectivity index (χ1) is 10.2. The zero-order valence-corrected chi connectivity index (χ0v) is 14.3. The summed E-state index contributed by atoms with van der Waals surface area (Å²) in [5, 5.41) is 3.03. The van der Waals surface area contributed by atoms with Crippen LogP contribution in [0.15, 0.2) is 24.3 Å². The molecular formula is C16H27ClN2O3. The molecule has 0 aliphatic rings. The first-order valence-electron chi connectivity index (χ1n) is 7.40. The Bertz CT molecular complexity index is 439. The quantitative estimate of drug-likeness (QED) is 0.729. The van der Waals surface area contributed by atoms with E-state index in [2.05, 4.69) is 5.32 Å². The number of para-hydroxylation sites is 1. The van der Waals surface area contributed by atoms with Gasteiger partial charge in [-0.05, 0) is 19.4 Å². The van der Waals surface area contributed by atoms with Gasteiger partial charge in [-0.1, -0.05) is 25.1 Å². The topological polar surface area (TPSA) is 73.6 Å². The van der Waals surface area contributed by atoms with Crippen LogP contribution in [0, 0.1) is 0 Å². The van der Waals surface area contributed by atoms with Crippen LogP contribution in [0.3, 0.4) is 0 Å². The van der Waals surface area contributed by atoms with Crippen LogP contribution in [-0.4, -0.2) is 32.3 Å². The maximum absolute atomic E-state index is 12.1. The second-order valence-electron chi connectivity index (χ2n) is 4.80. The van der Waals surface area contributed by atoms with Gasteiger partial charge in [-0.25, -0.2) is 0 Å². The van der Waals surface area contributed by atoms with Gasteiger partial charge in [0.2, 0.25) is 5.91 Å². The summed E-state index contributed by atoms with van der Waals surface area (Å²) in [6.45, 7) is 4.90. The van der Waals surface area contributed by atoms with Crippen LogP contribution in [0.1, 0.15) is 38.3 Å². The number of benzene rings is 1. The van der Waals surface area contributed by atoms with Crippen molar-refractivity contribution in [2.75, 3.05) is 20.3 Å². The summed E-state index contributed by atoms with van der Waals surface area (Å²) in [6, 6.07) is 7.71. The maximum atomic E-state index is 12.1. The van der Waals surface area contributed by atoms with Gasteiger partial charge in [0.1, 0.15) is 5.75 Å². The van der Waals surface area contributed by atoms with E-state index in [0.717, 1.165) is 17.7 Å². The van der Waals surface area contributed by atoms with E-state index in [4.69, 9.17) is 15.2 Å². The summed E-state index contributed by atoms with van der Waals surface area (Å²) in [5.74, 6) is 0.750. The zero-order valence-electron chi connectivity index (χ0n) is 13.5. The van der Waals surface area contributed by atoms with Crippen molar-refractivity contribution >= 4 is 18.3 Å². The van der Waals surface area contributed by atoms with Crippen molar-refractivity contribution in [2.45, 2.75) is 38.8 Å². The first-order valence-corrected chi connectivity index (χ1v) is 7.40. The molecule has 22 heavy (non-hydrogen) atoms. The molecule has 0 aliphatic carbocycles. The molecule has 0 heterocycles. The highest BCUT2D eigenvalue weighted by molar-refractivity contribution is 5.85. The molecule has 0 fully saturated rings. The number of hydrogen-bond acceptors (Lipinski definition) is 4. The molecule has 0 saturated heterocycles. The van der Waals surface area contributed by atoms with E-state index in [0.29, 0.717) is 13.2 Å². The molecule has 0 bridgehead atoms. The van der Waals surface area contributed by atoms with Crippen molar-refractivity contribution in [3.63, 3.8) is 0 Å². The average molecular weight is 331 g/mol. The smallest absolute Gasteiger partial charge is 0.223 e. The molecule has 2 unspecified atom stereocenters. The highest BCUT2D eigenvalue weighted by Crippen LogP contribution is 2.27. The summed E-state index contributed by atoms with van der Waals surface area (Å²) in [5.41, 5.74) is 6.54. The molecule has 0 aromatic heterocycles. The number of carbonyl (C=O) groups is 1. The Balaban J connectivity index is 0.00000441. The Morgan fingerprint density at radius 3 is 2.55 bits per heavy atom. The Morgan fingerprint density at radius 1 is 1.32 bits per heavy atom. The van der Waals surface area contributed by atoms with E-state index in [-0.39, 0.29) is 36.9 Å². The normalized spacial score (nSPS) is 12.9. The number of hydrogen-bond donors (Lipinski definition) is 2. The van der Waals surface area contributed by atoms with Gasteiger partial charge in [0.25, 0.3) is 0 Å². The van der Waals surface area contributed by atoms with Crippen molar-refractivity contribution in [3.05, 3.63) is 29.8 Å². The molecule has 2 atom stereocenters. The summed E-state index contributed by atoms with van der Waals surface area (Å²) in [6.07, 6.45) is 0.806. The second-order valence-corrected chi connectivity index (χ2v) is 4.80. The SMILES string of the molecule is CCOc1ccccc1C(CC)NC(=O)CC(CN)OC.Cl. The Kier molecular flexibility index (Phi) is 10.6.